The Bertz CT molecular complexity index is 399. The number of aliphatic hydroxyl groups is 1. The van der Waals surface area contributed by atoms with Gasteiger partial charge in [0.2, 0.25) is 0 Å². The van der Waals surface area contributed by atoms with E-state index in [4.69, 9.17) is 0 Å². The number of hydrogen-bond donors (Lipinski definition) is 3. The van der Waals surface area contributed by atoms with Gasteiger partial charge in [-0.1, -0.05) is 12.2 Å². The maximum Gasteiger partial charge on any atom is 0.253 e. The van der Waals surface area contributed by atoms with Crippen LogP contribution in [0.25, 0.3) is 0 Å². The minimum atomic E-state index is -1.05. The Balaban J connectivity index is 2.72. The van der Waals surface area contributed by atoms with Gasteiger partial charge in [0.15, 0.2) is 0 Å². The summed E-state index contributed by atoms with van der Waals surface area (Å²) in [6.07, 6.45) is 7.37. The van der Waals surface area contributed by atoms with Crippen molar-refractivity contribution in [3.63, 3.8) is 0 Å². The van der Waals surface area contributed by atoms with Gasteiger partial charge in [-0.15, -0.1) is 13.2 Å². The van der Waals surface area contributed by atoms with E-state index in [1.807, 2.05) is 0 Å². The molecule has 18 heavy (non-hydrogen) atoms. The number of carbonyl (C=O) groups is 1. The van der Waals surface area contributed by atoms with Crippen molar-refractivity contribution in [2.45, 2.75) is 31.4 Å². The van der Waals surface area contributed by atoms with E-state index in [9.17, 15) is 9.90 Å². The zero-order chi connectivity index (χ0) is 13.6. The van der Waals surface area contributed by atoms with Crippen molar-refractivity contribution >= 4 is 5.91 Å². The van der Waals surface area contributed by atoms with Gasteiger partial charge in [-0.3, -0.25) is 4.79 Å². The third kappa shape index (κ3) is 3.34. The molecule has 0 bridgehead atoms. The molecular formula is C14H20N2O2. The minimum Gasteiger partial charge on any atom is -0.387 e. The van der Waals surface area contributed by atoms with E-state index in [-0.39, 0.29) is 5.91 Å². The highest BCUT2D eigenvalue weighted by atomic mass is 16.3. The molecule has 0 saturated heterocycles. The summed E-state index contributed by atoms with van der Waals surface area (Å²) >= 11 is 0. The molecule has 0 fully saturated rings. The lowest BCUT2D eigenvalue weighted by molar-refractivity contribution is 0.0127. The molecule has 1 rings (SSSR count). The lowest BCUT2D eigenvalue weighted by Gasteiger charge is -2.33. The molecule has 4 nitrogen and oxygen atoms in total. The first-order valence-corrected chi connectivity index (χ1v) is 5.91. The molecule has 0 radical (unpaired) electrons. The van der Waals surface area contributed by atoms with Gasteiger partial charge >= 0.3 is 0 Å². The number of H-pyrrole nitrogens is 1. The second kappa shape index (κ2) is 6.21. The standard InChI is InChI=1S/C14H20N2O2/c1-4-7-14(18,8-5-2)11(3)16-13(17)12-6-9-15-10-12/h4-6,9-11,15,18H,1-2,7-8H2,3H3,(H,16,17)/t11-/m0/s1. The third-order valence-corrected chi connectivity index (χ3v) is 3.01. The highest BCUT2D eigenvalue weighted by Gasteiger charge is 2.32. The Kier molecular flexibility index (Phi) is 4.92. The Morgan fingerprint density at radius 3 is 2.61 bits per heavy atom. The van der Waals surface area contributed by atoms with Crippen LogP contribution in [-0.4, -0.2) is 27.6 Å². The van der Waals surface area contributed by atoms with Crippen molar-refractivity contribution in [3.8, 4) is 0 Å². The number of rotatable bonds is 7. The summed E-state index contributed by atoms with van der Waals surface area (Å²) in [5.74, 6) is -0.213. The first-order valence-electron chi connectivity index (χ1n) is 5.91. The van der Waals surface area contributed by atoms with Crippen molar-refractivity contribution in [3.05, 3.63) is 49.3 Å². The number of aromatic amines is 1. The van der Waals surface area contributed by atoms with Gasteiger partial charge in [0, 0.05) is 12.4 Å². The molecule has 0 aliphatic carbocycles. The average molecular weight is 248 g/mol. The number of amides is 1. The lowest BCUT2D eigenvalue weighted by atomic mass is 9.88. The quantitative estimate of drug-likeness (QED) is 0.646. The molecule has 0 aromatic carbocycles. The largest absolute Gasteiger partial charge is 0.387 e. The first-order chi connectivity index (χ1) is 8.53. The highest BCUT2D eigenvalue weighted by Crippen LogP contribution is 2.21. The maximum atomic E-state index is 11.9. The van der Waals surface area contributed by atoms with E-state index >= 15 is 0 Å². The summed E-state index contributed by atoms with van der Waals surface area (Å²) in [4.78, 5) is 14.7. The number of carbonyl (C=O) groups excluding carboxylic acids is 1. The van der Waals surface area contributed by atoms with E-state index in [0.717, 1.165) is 0 Å². The van der Waals surface area contributed by atoms with Crippen molar-refractivity contribution in [2.24, 2.45) is 0 Å². The zero-order valence-corrected chi connectivity index (χ0v) is 10.6. The van der Waals surface area contributed by atoms with E-state index in [2.05, 4.69) is 23.5 Å². The van der Waals surface area contributed by atoms with Gasteiger partial charge < -0.3 is 15.4 Å². The average Bonchev–Trinajstić information content (AvgIpc) is 2.82. The van der Waals surface area contributed by atoms with Crippen LogP contribution in [0.4, 0.5) is 0 Å². The Morgan fingerprint density at radius 2 is 2.17 bits per heavy atom. The Morgan fingerprint density at radius 1 is 1.56 bits per heavy atom. The normalized spacial score (nSPS) is 12.8. The van der Waals surface area contributed by atoms with Gasteiger partial charge in [0.25, 0.3) is 5.91 Å². The van der Waals surface area contributed by atoms with Crippen LogP contribution < -0.4 is 5.32 Å². The molecule has 0 unspecified atom stereocenters. The van der Waals surface area contributed by atoms with Crippen molar-refractivity contribution in [2.75, 3.05) is 0 Å². The molecule has 3 N–H and O–H groups in total. The van der Waals surface area contributed by atoms with Crippen LogP contribution in [0.3, 0.4) is 0 Å². The Labute approximate surface area is 107 Å². The summed E-state index contributed by atoms with van der Waals surface area (Å²) in [7, 11) is 0. The van der Waals surface area contributed by atoms with Crippen molar-refractivity contribution in [1.29, 1.82) is 0 Å². The zero-order valence-electron chi connectivity index (χ0n) is 10.6. The van der Waals surface area contributed by atoms with Crippen molar-refractivity contribution < 1.29 is 9.90 Å². The van der Waals surface area contributed by atoms with Crippen LogP contribution in [0.2, 0.25) is 0 Å². The van der Waals surface area contributed by atoms with Crippen LogP contribution in [-0.2, 0) is 0 Å². The first kappa shape index (κ1) is 14.3. The molecule has 0 spiro atoms. The van der Waals surface area contributed by atoms with Crippen molar-refractivity contribution in [1.82, 2.24) is 10.3 Å². The molecule has 0 saturated carbocycles. The molecule has 1 heterocycles. The molecule has 1 aromatic rings. The highest BCUT2D eigenvalue weighted by molar-refractivity contribution is 5.94. The number of nitrogens with one attached hydrogen (secondary N) is 2. The summed E-state index contributed by atoms with van der Waals surface area (Å²) in [5.41, 5.74) is -0.503. The summed E-state index contributed by atoms with van der Waals surface area (Å²) in [6.45, 7) is 9.03. The molecule has 1 amide bonds. The van der Waals surface area contributed by atoms with Crippen LogP contribution >= 0.6 is 0 Å². The molecule has 0 aliphatic rings. The van der Waals surface area contributed by atoms with E-state index in [1.165, 1.54) is 0 Å². The predicted octanol–water partition coefficient (Wildman–Crippen LogP) is 2.02. The van der Waals surface area contributed by atoms with Crippen LogP contribution in [0.15, 0.2) is 43.8 Å². The topological polar surface area (TPSA) is 65.1 Å². The predicted molar refractivity (Wildman–Crippen MR) is 72.3 cm³/mol. The molecule has 98 valence electrons. The van der Waals surface area contributed by atoms with E-state index < -0.39 is 11.6 Å². The van der Waals surface area contributed by atoms with Gasteiger partial charge in [-0.05, 0) is 25.8 Å². The van der Waals surface area contributed by atoms with Crippen LogP contribution in [0.1, 0.15) is 30.1 Å². The minimum absolute atomic E-state index is 0.213. The Hall–Kier alpha value is -1.81. The summed E-state index contributed by atoms with van der Waals surface area (Å²) in [5, 5.41) is 13.2. The molecular weight excluding hydrogens is 228 g/mol. The molecule has 1 aromatic heterocycles. The summed E-state index contributed by atoms with van der Waals surface area (Å²) in [6, 6.07) is 1.29. The maximum absolute atomic E-state index is 11.9. The monoisotopic (exact) mass is 248 g/mol. The fourth-order valence-electron chi connectivity index (χ4n) is 1.82. The fourth-order valence-corrected chi connectivity index (χ4v) is 1.82. The smallest absolute Gasteiger partial charge is 0.253 e. The SMILES string of the molecule is C=CCC(O)(CC=C)[C@H](C)NC(=O)c1cc[nH]c1. The van der Waals surface area contributed by atoms with Gasteiger partial charge in [0.05, 0.1) is 17.2 Å². The van der Waals surface area contributed by atoms with E-state index in [0.29, 0.717) is 18.4 Å². The number of hydrogen-bond acceptors (Lipinski definition) is 2. The van der Waals surface area contributed by atoms with E-state index in [1.54, 1.807) is 37.5 Å². The lowest BCUT2D eigenvalue weighted by Crippen LogP contribution is -2.50. The van der Waals surface area contributed by atoms with Crippen LogP contribution in [0.5, 0.6) is 0 Å². The second-order valence-electron chi connectivity index (χ2n) is 4.38. The molecule has 1 atom stereocenters. The van der Waals surface area contributed by atoms with Gasteiger partial charge in [-0.2, -0.15) is 0 Å². The molecule has 4 heteroatoms. The fraction of sp³-hybridized carbons (Fsp3) is 0.357. The number of aromatic nitrogens is 1. The van der Waals surface area contributed by atoms with Gasteiger partial charge in [-0.25, -0.2) is 0 Å². The second-order valence-corrected chi connectivity index (χ2v) is 4.38. The van der Waals surface area contributed by atoms with Gasteiger partial charge in [0.1, 0.15) is 0 Å². The summed E-state index contributed by atoms with van der Waals surface area (Å²) < 4.78 is 0. The molecule has 0 aliphatic heterocycles. The third-order valence-electron chi connectivity index (χ3n) is 3.01. The van der Waals surface area contributed by atoms with Crippen LogP contribution in [0, 0.1) is 0 Å².